The Labute approximate surface area is 97.5 Å². The van der Waals surface area contributed by atoms with E-state index in [0.717, 1.165) is 5.56 Å². The summed E-state index contributed by atoms with van der Waals surface area (Å²) in [5.74, 6) is 0. The Morgan fingerprint density at radius 2 is 1.88 bits per heavy atom. The second kappa shape index (κ2) is 5.43. The van der Waals surface area contributed by atoms with E-state index in [1.807, 2.05) is 37.3 Å². The van der Waals surface area contributed by atoms with E-state index >= 15 is 0 Å². The van der Waals surface area contributed by atoms with Crippen LogP contribution in [0.25, 0.3) is 0 Å². The van der Waals surface area contributed by atoms with Gasteiger partial charge in [0, 0.05) is 20.1 Å². The van der Waals surface area contributed by atoms with Gasteiger partial charge >= 0.3 is 0 Å². The van der Waals surface area contributed by atoms with Crippen LogP contribution in [0.1, 0.15) is 12.5 Å². The summed E-state index contributed by atoms with van der Waals surface area (Å²) < 4.78 is 26.7. The van der Waals surface area contributed by atoms with Gasteiger partial charge in [-0.25, -0.2) is 4.72 Å². The zero-order valence-electron chi connectivity index (χ0n) is 9.84. The van der Waals surface area contributed by atoms with E-state index in [0.29, 0.717) is 6.42 Å². The number of rotatable bonds is 5. The topological polar surface area (TPSA) is 49.4 Å². The van der Waals surface area contributed by atoms with Crippen molar-refractivity contribution in [1.29, 1.82) is 0 Å². The normalized spacial score (nSPS) is 14.0. The summed E-state index contributed by atoms with van der Waals surface area (Å²) in [6.45, 7) is 1.89. The Morgan fingerprint density at radius 1 is 1.31 bits per heavy atom. The van der Waals surface area contributed by atoms with Gasteiger partial charge in [0.2, 0.25) is 0 Å². The van der Waals surface area contributed by atoms with Gasteiger partial charge < -0.3 is 0 Å². The van der Waals surface area contributed by atoms with Crippen molar-refractivity contribution in [2.24, 2.45) is 0 Å². The first kappa shape index (κ1) is 13.2. The highest BCUT2D eigenvalue weighted by atomic mass is 32.2. The molecule has 0 radical (unpaired) electrons. The van der Waals surface area contributed by atoms with Gasteiger partial charge in [-0.05, 0) is 18.9 Å². The SMILES string of the molecule is CNS(=O)(=O)N(C)C(C)Cc1ccccc1. The van der Waals surface area contributed by atoms with E-state index in [1.165, 1.54) is 11.4 Å². The number of hydrogen-bond acceptors (Lipinski definition) is 2. The molecule has 0 amide bonds. The summed E-state index contributed by atoms with van der Waals surface area (Å²) in [7, 11) is -0.334. The van der Waals surface area contributed by atoms with Crippen LogP contribution in [0, 0.1) is 0 Å². The quantitative estimate of drug-likeness (QED) is 0.838. The summed E-state index contributed by atoms with van der Waals surface area (Å²) in [5.41, 5.74) is 1.13. The van der Waals surface area contributed by atoms with Gasteiger partial charge in [-0.1, -0.05) is 30.3 Å². The Bertz CT molecular complexity index is 417. The van der Waals surface area contributed by atoms with Crippen molar-refractivity contribution in [3.63, 3.8) is 0 Å². The van der Waals surface area contributed by atoms with Crippen molar-refractivity contribution in [1.82, 2.24) is 9.03 Å². The third kappa shape index (κ3) is 3.30. The van der Waals surface area contributed by atoms with E-state index in [-0.39, 0.29) is 6.04 Å². The van der Waals surface area contributed by atoms with Crippen molar-refractivity contribution in [2.75, 3.05) is 14.1 Å². The molecule has 1 unspecified atom stereocenters. The second-order valence-corrected chi connectivity index (χ2v) is 5.70. The summed E-state index contributed by atoms with van der Waals surface area (Å²) in [5, 5.41) is 0. The highest BCUT2D eigenvalue weighted by molar-refractivity contribution is 7.87. The molecule has 0 aliphatic heterocycles. The number of hydrogen-bond donors (Lipinski definition) is 1. The van der Waals surface area contributed by atoms with Gasteiger partial charge in [0.25, 0.3) is 10.2 Å². The molecule has 0 aromatic heterocycles. The van der Waals surface area contributed by atoms with Crippen LogP contribution in [0.5, 0.6) is 0 Å². The Morgan fingerprint density at radius 3 is 2.38 bits per heavy atom. The maximum atomic E-state index is 11.5. The lowest BCUT2D eigenvalue weighted by molar-refractivity contribution is 0.382. The Kier molecular flexibility index (Phi) is 4.46. The van der Waals surface area contributed by atoms with Gasteiger partial charge in [0.05, 0.1) is 0 Å². The fourth-order valence-electron chi connectivity index (χ4n) is 1.46. The standard InChI is InChI=1S/C11H18N2O2S/c1-10(13(3)16(14,15)12-2)9-11-7-5-4-6-8-11/h4-8,10,12H,9H2,1-3H3. The minimum atomic E-state index is -3.33. The molecule has 0 spiro atoms. The minimum Gasteiger partial charge on any atom is -0.205 e. The van der Waals surface area contributed by atoms with Crippen LogP contribution in [-0.4, -0.2) is 32.9 Å². The maximum absolute atomic E-state index is 11.5. The predicted molar refractivity (Wildman–Crippen MR) is 65.4 cm³/mol. The summed E-state index contributed by atoms with van der Waals surface area (Å²) in [6, 6.07) is 9.78. The molecule has 0 aliphatic rings. The lowest BCUT2D eigenvalue weighted by Gasteiger charge is -2.23. The second-order valence-electron chi connectivity index (χ2n) is 3.76. The van der Waals surface area contributed by atoms with Gasteiger partial charge in [0.15, 0.2) is 0 Å². The molecule has 1 atom stereocenters. The largest absolute Gasteiger partial charge is 0.279 e. The molecule has 90 valence electrons. The number of likely N-dealkylation sites (N-methyl/N-ethyl adjacent to an activating group) is 1. The molecule has 0 aliphatic carbocycles. The molecule has 1 aromatic rings. The predicted octanol–water partition coefficient (Wildman–Crippen LogP) is 1.01. The lowest BCUT2D eigenvalue weighted by Crippen LogP contribution is -2.42. The molecule has 1 N–H and O–H groups in total. The van der Waals surface area contributed by atoms with Crippen LogP contribution in [-0.2, 0) is 16.6 Å². The van der Waals surface area contributed by atoms with Gasteiger partial charge in [-0.15, -0.1) is 0 Å². The van der Waals surface area contributed by atoms with Crippen molar-refractivity contribution in [2.45, 2.75) is 19.4 Å². The fourth-order valence-corrected chi connectivity index (χ4v) is 2.30. The first-order valence-corrected chi connectivity index (χ1v) is 6.62. The average Bonchev–Trinajstić information content (AvgIpc) is 2.29. The van der Waals surface area contributed by atoms with Crippen LogP contribution in [0.2, 0.25) is 0 Å². The summed E-state index contributed by atoms with van der Waals surface area (Å²) in [4.78, 5) is 0. The van der Waals surface area contributed by atoms with E-state index < -0.39 is 10.2 Å². The van der Waals surface area contributed by atoms with Gasteiger partial charge in [0.1, 0.15) is 0 Å². The van der Waals surface area contributed by atoms with Crippen molar-refractivity contribution in [3.05, 3.63) is 35.9 Å². The highest BCUT2D eigenvalue weighted by Crippen LogP contribution is 2.09. The van der Waals surface area contributed by atoms with Crippen molar-refractivity contribution >= 4 is 10.2 Å². The molecule has 0 bridgehead atoms. The van der Waals surface area contributed by atoms with Crippen LogP contribution < -0.4 is 4.72 Å². The molecule has 0 saturated heterocycles. The highest BCUT2D eigenvalue weighted by Gasteiger charge is 2.21. The van der Waals surface area contributed by atoms with Crippen LogP contribution >= 0.6 is 0 Å². The maximum Gasteiger partial charge on any atom is 0.279 e. The molecular formula is C11H18N2O2S. The lowest BCUT2D eigenvalue weighted by atomic mass is 10.1. The number of nitrogens with one attached hydrogen (secondary N) is 1. The summed E-state index contributed by atoms with van der Waals surface area (Å²) >= 11 is 0. The molecular weight excluding hydrogens is 224 g/mol. The third-order valence-electron chi connectivity index (χ3n) is 2.63. The first-order valence-electron chi connectivity index (χ1n) is 5.18. The van der Waals surface area contributed by atoms with Crippen LogP contribution in [0.15, 0.2) is 30.3 Å². The molecule has 0 saturated carbocycles. The zero-order chi connectivity index (χ0) is 12.2. The Hall–Kier alpha value is -0.910. The van der Waals surface area contributed by atoms with E-state index in [4.69, 9.17) is 0 Å². The molecule has 0 fully saturated rings. The van der Waals surface area contributed by atoms with Gasteiger partial charge in [-0.2, -0.15) is 12.7 Å². The molecule has 1 rings (SSSR count). The summed E-state index contributed by atoms with van der Waals surface area (Å²) in [6.07, 6.45) is 0.707. The van der Waals surface area contributed by atoms with Crippen molar-refractivity contribution < 1.29 is 8.42 Å². The van der Waals surface area contributed by atoms with Crippen molar-refractivity contribution in [3.8, 4) is 0 Å². The molecule has 0 heterocycles. The molecule has 1 aromatic carbocycles. The molecule has 5 heteroatoms. The van der Waals surface area contributed by atoms with Crippen LogP contribution in [0.4, 0.5) is 0 Å². The minimum absolute atomic E-state index is 0.0696. The smallest absolute Gasteiger partial charge is 0.205 e. The molecule has 16 heavy (non-hydrogen) atoms. The number of benzene rings is 1. The average molecular weight is 242 g/mol. The van der Waals surface area contributed by atoms with Crippen LogP contribution in [0.3, 0.4) is 0 Å². The van der Waals surface area contributed by atoms with E-state index in [2.05, 4.69) is 4.72 Å². The van der Waals surface area contributed by atoms with E-state index in [1.54, 1.807) is 7.05 Å². The third-order valence-corrected chi connectivity index (χ3v) is 4.27. The number of nitrogens with zero attached hydrogens (tertiary/aromatic N) is 1. The first-order chi connectivity index (χ1) is 7.47. The Balaban J connectivity index is 2.70. The zero-order valence-corrected chi connectivity index (χ0v) is 10.7. The molecule has 4 nitrogen and oxygen atoms in total. The van der Waals surface area contributed by atoms with Gasteiger partial charge in [-0.3, -0.25) is 0 Å². The monoisotopic (exact) mass is 242 g/mol. The van der Waals surface area contributed by atoms with E-state index in [9.17, 15) is 8.42 Å². The fraction of sp³-hybridized carbons (Fsp3) is 0.455.